The molecule has 8 heteroatoms. The highest BCUT2D eigenvalue weighted by atomic mass is 16.5. The lowest BCUT2D eigenvalue weighted by Gasteiger charge is -2.36. The van der Waals surface area contributed by atoms with Crippen LogP contribution in [-0.2, 0) is 25.9 Å². The lowest BCUT2D eigenvalue weighted by molar-refractivity contribution is 0.216. The van der Waals surface area contributed by atoms with Crippen molar-refractivity contribution in [1.82, 2.24) is 9.88 Å². The molecule has 8 rings (SSSR count). The normalized spacial score (nSPS) is 16.3. The van der Waals surface area contributed by atoms with Crippen LogP contribution in [0.15, 0.2) is 72.9 Å². The lowest BCUT2D eigenvalue weighted by Crippen LogP contribution is -2.33. The van der Waals surface area contributed by atoms with E-state index in [0.717, 1.165) is 57.2 Å². The Hall–Kier alpha value is -4.95. The Kier molecular flexibility index (Phi) is 7.14. The third kappa shape index (κ3) is 5.01. The zero-order chi connectivity index (χ0) is 30.4. The van der Waals surface area contributed by atoms with Crippen LogP contribution in [-0.4, -0.2) is 47.9 Å². The number of pyridine rings is 1. The highest BCUT2D eigenvalue weighted by Crippen LogP contribution is 2.48. The molecule has 8 nitrogen and oxygen atoms in total. The predicted molar refractivity (Wildman–Crippen MR) is 167 cm³/mol. The standard InChI is InChI=1S/C36H34N2O6/c1-38-13-11-25-18-33(42-3)36-35(40)34(25)28(38)15-23-8-9-29(39)30(16-23)44-32-19-26-24(17-31(32)41-2)10-12-37-27(26)14-21-4-6-22(7-5-21)20-43-36/h4-10,12,16-19,28,39-40H,11,13-15,20H2,1-3H3/t28-/m1/s1. The number of rotatable bonds is 2. The summed E-state index contributed by atoms with van der Waals surface area (Å²) >= 11 is 0. The Bertz CT molecular complexity index is 1870. The minimum absolute atomic E-state index is 0.0187. The summed E-state index contributed by atoms with van der Waals surface area (Å²) in [4.78, 5) is 6.94. The van der Waals surface area contributed by atoms with Gasteiger partial charge in [0, 0.05) is 36.2 Å². The number of phenolic OH excluding ortho intramolecular Hbond substituents is 2. The highest BCUT2D eigenvalue weighted by Gasteiger charge is 2.32. The van der Waals surface area contributed by atoms with E-state index in [-0.39, 0.29) is 24.1 Å². The molecule has 3 aliphatic heterocycles. The fourth-order valence-electron chi connectivity index (χ4n) is 6.33. The maximum atomic E-state index is 11.7. The fraction of sp³-hybridized carbons (Fsp3) is 0.250. The van der Waals surface area contributed by atoms with Gasteiger partial charge in [-0.15, -0.1) is 0 Å². The summed E-state index contributed by atoms with van der Waals surface area (Å²) in [6.07, 6.45) is 3.76. The first-order chi connectivity index (χ1) is 21.4. The van der Waals surface area contributed by atoms with Crippen molar-refractivity contribution in [1.29, 1.82) is 0 Å². The minimum atomic E-state index is -0.141. The Morgan fingerprint density at radius 2 is 1.64 bits per heavy atom. The fourth-order valence-corrected chi connectivity index (χ4v) is 6.33. The molecule has 0 radical (unpaired) electrons. The first-order valence-corrected chi connectivity index (χ1v) is 14.7. The third-order valence-electron chi connectivity index (χ3n) is 8.75. The van der Waals surface area contributed by atoms with Gasteiger partial charge in [-0.2, -0.15) is 0 Å². The van der Waals surface area contributed by atoms with Crippen molar-refractivity contribution < 1.29 is 29.2 Å². The zero-order valence-electron chi connectivity index (χ0n) is 25.0. The molecule has 8 bridgehead atoms. The highest BCUT2D eigenvalue weighted by molar-refractivity contribution is 5.88. The molecule has 0 saturated carbocycles. The Labute approximate surface area is 256 Å². The molecule has 1 aromatic heterocycles. The number of hydrogen-bond acceptors (Lipinski definition) is 8. The molecule has 0 fully saturated rings. The number of benzene rings is 4. The van der Waals surface area contributed by atoms with E-state index in [9.17, 15) is 10.2 Å². The molecule has 4 aromatic carbocycles. The first-order valence-electron chi connectivity index (χ1n) is 14.7. The van der Waals surface area contributed by atoms with Gasteiger partial charge in [0.1, 0.15) is 6.61 Å². The molecule has 0 unspecified atom stereocenters. The van der Waals surface area contributed by atoms with E-state index >= 15 is 0 Å². The van der Waals surface area contributed by atoms with Gasteiger partial charge in [-0.3, -0.25) is 9.88 Å². The molecule has 224 valence electrons. The first kappa shape index (κ1) is 27.9. The number of aromatic nitrogens is 1. The zero-order valence-corrected chi connectivity index (χ0v) is 25.0. The van der Waals surface area contributed by atoms with Gasteiger partial charge >= 0.3 is 0 Å². The molecule has 0 aliphatic carbocycles. The third-order valence-corrected chi connectivity index (χ3v) is 8.75. The van der Waals surface area contributed by atoms with Crippen LogP contribution >= 0.6 is 0 Å². The van der Waals surface area contributed by atoms with Crippen molar-refractivity contribution in [2.45, 2.75) is 31.9 Å². The molecule has 44 heavy (non-hydrogen) atoms. The monoisotopic (exact) mass is 590 g/mol. The van der Waals surface area contributed by atoms with Crippen molar-refractivity contribution in [3.63, 3.8) is 0 Å². The van der Waals surface area contributed by atoms with Gasteiger partial charge in [0.25, 0.3) is 0 Å². The van der Waals surface area contributed by atoms with Crippen LogP contribution in [0.2, 0.25) is 0 Å². The number of fused-ring (bicyclic) bond motifs is 3. The van der Waals surface area contributed by atoms with Gasteiger partial charge in [-0.05, 0) is 83.9 Å². The second kappa shape index (κ2) is 11.3. The maximum absolute atomic E-state index is 11.7. The van der Waals surface area contributed by atoms with Gasteiger partial charge in [0.05, 0.1) is 19.9 Å². The second-order valence-corrected chi connectivity index (χ2v) is 11.4. The summed E-state index contributed by atoms with van der Waals surface area (Å²) in [5, 5.41) is 24.5. The van der Waals surface area contributed by atoms with Crippen LogP contribution in [0, 0.1) is 0 Å². The van der Waals surface area contributed by atoms with Crippen molar-refractivity contribution in [3.05, 3.63) is 106 Å². The van der Waals surface area contributed by atoms with E-state index in [2.05, 4.69) is 24.1 Å². The van der Waals surface area contributed by atoms with E-state index < -0.39 is 0 Å². The average molecular weight is 591 g/mol. The second-order valence-electron chi connectivity index (χ2n) is 11.4. The molecule has 4 heterocycles. The number of methoxy groups -OCH3 is 2. The molecule has 2 N–H and O–H groups in total. The number of ether oxygens (including phenoxy) is 4. The maximum Gasteiger partial charge on any atom is 0.204 e. The topological polar surface area (TPSA) is 93.5 Å². The molecule has 1 atom stereocenters. The van der Waals surface area contributed by atoms with E-state index in [1.54, 1.807) is 26.5 Å². The summed E-state index contributed by atoms with van der Waals surface area (Å²) in [5.74, 6) is 2.32. The Balaban J connectivity index is 1.40. The van der Waals surface area contributed by atoms with Gasteiger partial charge in [-0.25, -0.2) is 0 Å². The van der Waals surface area contributed by atoms with Crippen LogP contribution in [0.25, 0.3) is 10.8 Å². The van der Waals surface area contributed by atoms with Crippen LogP contribution in [0.5, 0.6) is 40.2 Å². The van der Waals surface area contributed by atoms with Gasteiger partial charge < -0.3 is 29.2 Å². The quantitative estimate of drug-likeness (QED) is 0.234. The molecule has 3 aliphatic rings. The van der Waals surface area contributed by atoms with Crippen LogP contribution in [0.1, 0.15) is 39.6 Å². The van der Waals surface area contributed by atoms with E-state index in [0.29, 0.717) is 41.6 Å². The predicted octanol–water partition coefficient (Wildman–Crippen LogP) is 6.71. The Morgan fingerprint density at radius 1 is 0.864 bits per heavy atom. The van der Waals surface area contributed by atoms with E-state index in [1.807, 2.05) is 48.5 Å². The number of phenols is 2. The van der Waals surface area contributed by atoms with Gasteiger partial charge in [-0.1, -0.05) is 30.3 Å². The minimum Gasteiger partial charge on any atom is -0.504 e. The van der Waals surface area contributed by atoms with Crippen LogP contribution in [0.3, 0.4) is 0 Å². The largest absolute Gasteiger partial charge is 0.504 e. The van der Waals surface area contributed by atoms with Crippen molar-refractivity contribution in [2.24, 2.45) is 0 Å². The molecule has 0 saturated heterocycles. The summed E-state index contributed by atoms with van der Waals surface area (Å²) < 4.78 is 24.0. The van der Waals surface area contributed by atoms with Gasteiger partial charge in [0.15, 0.2) is 34.5 Å². The summed E-state index contributed by atoms with van der Waals surface area (Å²) in [6, 6.07) is 21.2. The van der Waals surface area contributed by atoms with Crippen molar-refractivity contribution >= 4 is 10.8 Å². The van der Waals surface area contributed by atoms with Gasteiger partial charge in [0.2, 0.25) is 5.75 Å². The van der Waals surface area contributed by atoms with Crippen molar-refractivity contribution in [2.75, 3.05) is 27.8 Å². The van der Waals surface area contributed by atoms with E-state index in [4.69, 9.17) is 23.9 Å². The number of nitrogens with zero attached hydrogens (tertiary/aromatic N) is 2. The SMILES string of the molecule is COc1cc2ccnc3c2cc1Oc1cc(ccc1O)C[C@@H]1c2c(cc(OC)c(c2O)OCc2ccc(cc2)C3)CCN1C. The Morgan fingerprint density at radius 3 is 2.43 bits per heavy atom. The summed E-state index contributed by atoms with van der Waals surface area (Å²) in [7, 11) is 5.26. The molecule has 0 spiro atoms. The number of aromatic hydroxyl groups is 2. The van der Waals surface area contributed by atoms with E-state index in [1.165, 1.54) is 0 Å². The number of hydrogen-bond donors (Lipinski definition) is 2. The summed E-state index contributed by atoms with van der Waals surface area (Å²) in [5.41, 5.74) is 5.75. The molecular weight excluding hydrogens is 556 g/mol. The smallest absolute Gasteiger partial charge is 0.204 e. The lowest BCUT2D eigenvalue weighted by atomic mass is 9.87. The van der Waals surface area contributed by atoms with Crippen LogP contribution < -0.4 is 18.9 Å². The molecular formula is C36H34N2O6. The average Bonchev–Trinajstić information content (AvgIpc) is 3.03. The number of likely N-dealkylation sites (N-methyl/N-ethyl adjacent to an activating group) is 1. The molecule has 5 aromatic rings. The van der Waals surface area contributed by atoms with Crippen molar-refractivity contribution in [3.8, 4) is 40.2 Å². The van der Waals surface area contributed by atoms with Crippen LogP contribution in [0.4, 0.5) is 0 Å². The molecule has 0 amide bonds. The summed E-state index contributed by atoms with van der Waals surface area (Å²) in [6.45, 7) is 1.09.